The van der Waals surface area contributed by atoms with Gasteiger partial charge in [0.15, 0.2) is 0 Å². The normalized spacial score (nSPS) is 20.9. The highest BCUT2D eigenvalue weighted by atomic mass is 35.5. The zero-order valence-corrected chi connectivity index (χ0v) is 19.2. The smallest absolute Gasteiger partial charge is 0.253 e. The maximum absolute atomic E-state index is 13.0. The minimum Gasteiger partial charge on any atom is -0.355 e. The van der Waals surface area contributed by atoms with E-state index in [0.717, 1.165) is 30.9 Å². The lowest BCUT2D eigenvalue weighted by atomic mass is 9.89. The van der Waals surface area contributed by atoms with Gasteiger partial charge in [0.2, 0.25) is 5.91 Å². The van der Waals surface area contributed by atoms with Crippen molar-refractivity contribution in [2.75, 3.05) is 37.6 Å². The minimum atomic E-state index is -0.118. The fourth-order valence-corrected chi connectivity index (χ4v) is 4.51. The fourth-order valence-electron chi connectivity index (χ4n) is 4.51. The van der Waals surface area contributed by atoms with Gasteiger partial charge in [-0.25, -0.2) is 4.98 Å². The second kappa shape index (κ2) is 9.69. The number of halogens is 1. The molecule has 1 aromatic heterocycles. The molecule has 1 aromatic carbocycles. The lowest BCUT2D eigenvalue weighted by molar-refractivity contribution is -0.120. The monoisotopic (exact) mass is 442 g/mol. The van der Waals surface area contributed by atoms with Gasteiger partial charge in [0.05, 0.1) is 5.92 Å². The number of carbonyl (C=O) groups excluding carboxylic acids is 2. The Morgan fingerprint density at radius 3 is 2.39 bits per heavy atom. The van der Waals surface area contributed by atoms with Gasteiger partial charge in [0.25, 0.3) is 5.91 Å². The van der Waals surface area contributed by atoms with Crippen LogP contribution in [0.4, 0.5) is 5.82 Å². The molecule has 2 atom stereocenters. The van der Waals surface area contributed by atoms with E-state index in [1.165, 1.54) is 11.1 Å². The lowest BCUT2D eigenvalue weighted by Gasteiger charge is -2.36. The summed E-state index contributed by atoms with van der Waals surface area (Å²) >= 11 is 0. The van der Waals surface area contributed by atoms with Gasteiger partial charge in [0, 0.05) is 44.5 Å². The molecule has 2 aliphatic rings. The Hall–Kier alpha value is -2.60. The highest BCUT2D eigenvalue weighted by Gasteiger charge is 2.33. The summed E-state index contributed by atoms with van der Waals surface area (Å²) in [5, 5.41) is 2.91. The Morgan fingerprint density at radius 1 is 1.16 bits per heavy atom. The predicted molar refractivity (Wildman–Crippen MR) is 125 cm³/mol. The topological polar surface area (TPSA) is 65.5 Å². The Labute approximate surface area is 190 Å². The highest BCUT2D eigenvalue weighted by molar-refractivity contribution is 5.94. The number of hydrogen-bond acceptors (Lipinski definition) is 4. The van der Waals surface area contributed by atoms with Crippen LogP contribution in [0.1, 0.15) is 46.8 Å². The van der Waals surface area contributed by atoms with E-state index in [4.69, 9.17) is 0 Å². The number of amides is 2. The molecule has 0 radical (unpaired) electrons. The van der Waals surface area contributed by atoms with E-state index in [0.29, 0.717) is 25.2 Å². The molecule has 0 saturated carbocycles. The van der Waals surface area contributed by atoms with Gasteiger partial charge in [-0.2, -0.15) is 0 Å². The van der Waals surface area contributed by atoms with E-state index in [1.54, 1.807) is 0 Å². The molecule has 1 unspecified atom stereocenters. The van der Waals surface area contributed by atoms with Gasteiger partial charge in [-0.3, -0.25) is 9.59 Å². The van der Waals surface area contributed by atoms with Crippen molar-refractivity contribution in [3.8, 4) is 0 Å². The first-order chi connectivity index (χ1) is 14.5. The van der Waals surface area contributed by atoms with E-state index in [2.05, 4.69) is 42.0 Å². The van der Waals surface area contributed by atoms with Crippen LogP contribution in [-0.4, -0.2) is 54.4 Å². The van der Waals surface area contributed by atoms with Crippen LogP contribution in [0.2, 0.25) is 0 Å². The van der Waals surface area contributed by atoms with Crippen molar-refractivity contribution in [2.24, 2.45) is 5.92 Å². The maximum atomic E-state index is 13.0. The molecule has 2 amide bonds. The third-order valence-corrected chi connectivity index (χ3v) is 6.35. The van der Waals surface area contributed by atoms with Crippen LogP contribution in [0.15, 0.2) is 36.5 Å². The summed E-state index contributed by atoms with van der Waals surface area (Å²) in [5.74, 6) is 1.31. The van der Waals surface area contributed by atoms with Crippen molar-refractivity contribution in [3.63, 3.8) is 0 Å². The average Bonchev–Trinajstić information content (AvgIpc) is 3.11. The van der Waals surface area contributed by atoms with Crippen LogP contribution in [0.3, 0.4) is 0 Å². The van der Waals surface area contributed by atoms with Gasteiger partial charge >= 0.3 is 0 Å². The summed E-state index contributed by atoms with van der Waals surface area (Å²) < 4.78 is 0. The molecule has 6 nitrogen and oxygen atoms in total. The molecule has 0 aliphatic carbocycles. The molecular formula is C24H31ClN4O2. The van der Waals surface area contributed by atoms with Crippen molar-refractivity contribution in [3.05, 3.63) is 58.8 Å². The molecule has 31 heavy (non-hydrogen) atoms. The summed E-state index contributed by atoms with van der Waals surface area (Å²) in [6.07, 6.45) is 2.94. The van der Waals surface area contributed by atoms with Crippen molar-refractivity contribution in [2.45, 2.75) is 33.1 Å². The SMILES string of the molecule is CCc1cnc(N2CCN(C(=O)c3ccc([C@@H]4C(=O)NCC4C)cc3)CC2)c(C)c1.Cl. The quantitative estimate of drug-likeness (QED) is 0.789. The number of pyridine rings is 1. The first-order valence-corrected chi connectivity index (χ1v) is 10.9. The fraction of sp³-hybridized carbons (Fsp3) is 0.458. The highest BCUT2D eigenvalue weighted by Crippen LogP contribution is 2.29. The number of aryl methyl sites for hydroxylation is 2. The Morgan fingerprint density at radius 2 is 1.84 bits per heavy atom. The molecule has 166 valence electrons. The number of piperazine rings is 1. The average molecular weight is 443 g/mol. The first-order valence-electron chi connectivity index (χ1n) is 10.9. The van der Waals surface area contributed by atoms with E-state index < -0.39 is 0 Å². The molecular weight excluding hydrogens is 412 g/mol. The van der Waals surface area contributed by atoms with Crippen molar-refractivity contribution in [1.29, 1.82) is 0 Å². The summed E-state index contributed by atoms with van der Waals surface area (Å²) in [6.45, 7) is 9.95. The number of carbonyl (C=O) groups is 2. The third kappa shape index (κ3) is 4.69. The second-order valence-electron chi connectivity index (χ2n) is 8.44. The predicted octanol–water partition coefficient (Wildman–Crippen LogP) is 3.19. The zero-order valence-electron chi connectivity index (χ0n) is 18.4. The molecule has 2 aromatic rings. The van der Waals surface area contributed by atoms with Gasteiger partial charge < -0.3 is 15.1 Å². The van der Waals surface area contributed by atoms with Crippen LogP contribution in [0.5, 0.6) is 0 Å². The number of rotatable bonds is 4. The van der Waals surface area contributed by atoms with Crippen LogP contribution in [-0.2, 0) is 11.2 Å². The molecule has 2 saturated heterocycles. The van der Waals surface area contributed by atoms with E-state index in [-0.39, 0.29) is 36.1 Å². The van der Waals surface area contributed by atoms with Crippen molar-refractivity contribution >= 4 is 30.0 Å². The lowest BCUT2D eigenvalue weighted by Crippen LogP contribution is -2.49. The van der Waals surface area contributed by atoms with Crippen molar-refractivity contribution in [1.82, 2.24) is 15.2 Å². The molecule has 2 fully saturated rings. The van der Waals surface area contributed by atoms with Gasteiger partial charge in [0.1, 0.15) is 5.82 Å². The first kappa shape index (κ1) is 23.1. The summed E-state index contributed by atoms with van der Waals surface area (Å²) in [4.78, 5) is 33.9. The molecule has 2 aliphatic heterocycles. The third-order valence-electron chi connectivity index (χ3n) is 6.35. The van der Waals surface area contributed by atoms with Gasteiger partial charge in [-0.1, -0.05) is 32.0 Å². The Kier molecular flexibility index (Phi) is 7.21. The molecule has 0 spiro atoms. The number of aromatic nitrogens is 1. The molecule has 7 heteroatoms. The summed E-state index contributed by atoms with van der Waals surface area (Å²) in [7, 11) is 0. The summed E-state index contributed by atoms with van der Waals surface area (Å²) in [6, 6.07) is 9.78. The molecule has 4 rings (SSSR count). The molecule has 0 bridgehead atoms. The summed E-state index contributed by atoms with van der Waals surface area (Å²) in [5.41, 5.74) is 4.10. The van der Waals surface area contributed by atoms with Crippen LogP contribution < -0.4 is 10.2 Å². The Bertz CT molecular complexity index is 939. The maximum Gasteiger partial charge on any atom is 0.253 e. The van der Waals surface area contributed by atoms with E-state index in [9.17, 15) is 9.59 Å². The van der Waals surface area contributed by atoms with E-state index in [1.807, 2.05) is 35.4 Å². The van der Waals surface area contributed by atoms with Gasteiger partial charge in [-0.05, 0) is 48.1 Å². The minimum absolute atomic E-state index is 0. The van der Waals surface area contributed by atoms with Crippen LogP contribution >= 0.6 is 12.4 Å². The van der Waals surface area contributed by atoms with Crippen molar-refractivity contribution < 1.29 is 9.59 Å². The number of benzene rings is 1. The van der Waals surface area contributed by atoms with Crippen LogP contribution in [0.25, 0.3) is 0 Å². The second-order valence-corrected chi connectivity index (χ2v) is 8.44. The Balaban J connectivity index is 0.00000272. The van der Waals surface area contributed by atoms with E-state index >= 15 is 0 Å². The molecule has 3 heterocycles. The number of nitrogens with zero attached hydrogens (tertiary/aromatic N) is 3. The standard InChI is InChI=1S/C24H30N4O2.ClH/c1-4-18-13-16(2)22(25-15-18)27-9-11-28(12-10-27)24(30)20-7-5-19(6-8-20)21-17(3)14-26-23(21)29;/h5-8,13,15,17,21H,4,9-12,14H2,1-3H3,(H,26,29);1H/t17?,21-;/m1./s1. The number of anilines is 1. The number of hydrogen-bond donors (Lipinski definition) is 1. The largest absolute Gasteiger partial charge is 0.355 e. The van der Waals surface area contributed by atoms with Crippen LogP contribution in [0, 0.1) is 12.8 Å². The van der Waals surface area contributed by atoms with Gasteiger partial charge in [-0.15, -0.1) is 12.4 Å². The number of nitrogens with one attached hydrogen (secondary N) is 1. The zero-order chi connectivity index (χ0) is 21.3. The molecule has 1 N–H and O–H groups in total.